The molecule has 3 aromatic heterocycles. The third-order valence-electron chi connectivity index (χ3n) is 12.5. The van der Waals surface area contributed by atoms with Gasteiger partial charge in [-0.15, -0.1) is 0 Å². The summed E-state index contributed by atoms with van der Waals surface area (Å²) < 4.78 is 22.6. The quantitative estimate of drug-likeness (QED) is 0.237. The standard InChI is InChI=1S/C40H47FN8O3/c1-25(2)48-24-43-33-22-32(45-36(35(33)48)44-31-9-13-42-23-30(31)41)26-7-8-29-34(19-26)49(28-20-27(21-28)46-14-5-4-6-15-46)38(51)40(29)10-16-47(17-11-40)37(50)39(3)12-18-52-39/h7-9,13,19,22-25,27-28H,4-6,10-12,14-18,20-21H2,1-3H3,(H,42,44,45)/t27-,28+,39?. The molecule has 1 saturated carbocycles. The van der Waals surface area contributed by atoms with Gasteiger partial charge in [0.2, 0.25) is 5.91 Å². The molecule has 4 aromatic rings. The van der Waals surface area contributed by atoms with Crippen molar-refractivity contribution < 1.29 is 18.7 Å². The number of fused-ring (bicyclic) bond motifs is 3. The first kappa shape index (κ1) is 33.4. The molecule has 272 valence electrons. The van der Waals surface area contributed by atoms with Gasteiger partial charge in [-0.25, -0.2) is 14.4 Å². The lowest BCUT2D eigenvalue weighted by Crippen LogP contribution is -2.60. The molecule has 7 heterocycles. The van der Waals surface area contributed by atoms with Crippen LogP contribution in [0.1, 0.15) is 83.7 Å². The van der Waals surface area contributed by atoms with Crippen molar-refractivity contribution in [2.45, 2.75) is 101 Å². The van der Waals surface area contributed by atoms with Crippen molar-refractivity contribution in [2.24, 2.45) is 0 Å². The summed E-state index contributed by atoms with van der Waals surface area (Å²) in [6.07, 6.45) is 12.2. The molecule has 4 fully saturated rings. The molecule has 2 amide bonds. The number of piperidine rings is 2. The van der Waals surface area contributed by atoms with Gasteiger partial charge in [0.25, 0.3) is 5.91 Å². The fourth-order valence-electron chi connectivity index (χ4n) is 9.24. The van der Waals surface area contributed by atoms with Gasteiger partial charge in [0, 0.05) is 55.1 Å². The number of amides is 2. The summed E-state index contributed by atoms with van der Waals surface area (Å²) >= 11 is 0. The number of carbonyl (C=O) groups is 2. The zero-order valence-electron chi connectivity index (χ0n) is 30.3. The fraction of sp³-hybridized carbons (Fsp3) is 0.525. The van der Waals surface area contributed by atoms with Crippen LogP contribution in [0.3, 0.4) is 0 Å². The number of carbonyl (C=O) groups excluding carboxylic acids is 2. The number of hydrogen-bond donors (Lipinski definition) is 1. The number of likely N-dealkylation sites (tertiary alicyclic amines) is 2. The molecule has 9 rings (SSSR count). The Labute approximate surface area is 303 Å². The maximum Gasteiger partial charge on any atom is 0.254 e. The van der Waals surface area contributed by atoms with Crippen LogP contribution in [0.15, 0.2) is 49.1 Å². The summed E-state index contributed by atoms with van der Waals surface area (Å²) in [6, 6.07) is 10.6. The van der Waals surface area contributed by atoms with Crippen molar-refractivity contribution in [3.63, 3.8) is 0 Å². The van der Waals surface area contributed by atoms with Gasteiger partial charge in [0.1, 0.15) is 11.1 Å². The largest absolute Gasteiger partial charge is 0.365 e. The Morgan fingerprint density at radius 2 is 1.79 bits per heavy atom. The van der Waals surface area contributed by atoms with Gasteiger partial charge in [-0.05, 0) is 96.1 Å². The van der Waals surface area contributed by atoms with E-state index >= 15 is 0 Å². The van der Waals surface area contributed by atoms with Gasteiger partial charge in [-0.1, -0.05) is 18.6 Å². The van der Waals surface area contributed by atoms with E-state index in [2.05, 4.69) is 52.1 Å². The number of aromatic nitrogens is 4. The van der Waals surface area contributed by atoms with E-state index in [0.717, 1.165) is 60.2 Å². The highest BCUT2D eigenvalue weighted by atomic mass is 19.1. The molecule has 5 aliphatic rings. The summed E-state index contributed by atoms with van der Waals surface area (Å²) in [5.74, 6) is 0.223. The highest BCUT2D eigenvalue weighted by Crippen LogP contribution is 2.52. The predicted octanol–water partition coefficient (Wildman–Crippen LogP) is 6.36. The van der Waals surface area contributed by atoms with Crippen molar-refractivity contribution in [1.82, 2.24) is 29.3 Å². The van der Waals surface area contributed by atoms with Crippen molar-refractivity contribution in [2.75, 3.05) is 43.0 Å². The zero-order valence-corrected chi connectivity index (χ0v) is 30.3. The normalized spacial score (nSPS) is 25.8. The Kier molecular flexibility index (Phi) is 8.11. The monoisotopic (exact) mass is 706 g/mol. The lowest BCUT2D eigenvalue weighted by molar-refractivity contribution is -0.183. The number of nitrogens with one attached hydrogen (secondary N) is 1. The Balaban J connectivity index is 1.09. The van der Waals surface area contributed by atoms with Gasteiger partial charge in [0.15, 0.2) is 11.6 Å². The van der Waals surface area contributed by atoms with Gasteiger partial charge >= 0.3 is 0 Å². The second-order valence-electron chi connectivity index (χ2n) is 15.9. The average molecular weight is 707 g/mol. The van der Waals surface area contributed by atoms with E-state index in [4.69, 9.17) is 14.7 Å². The van der Waals surface area contributed by atoms with E-state index in [0.29, 0.717) is 50.1 Å². The minimum atomic E-state index is -0.742. The molecule has 3 saturated heterocycles. The number of imidazole rings is 1. The average Bonchev–Trinajstić information content (AvgIpc) is 3.66. The van der Waals surface area contributed by atoms with E-state index in [1.165, 1.54) is 25.5 Å². The SMILES string of the molecule is CC(C)n1cnc2cc(-c3ccc4c(c3)N([C@H]3C[C@@H](N5CCCCC5)C3)C(=O)C43CCN(C(=O)C4(C)CCO4)CC3)nc(Nc3ccncc3F)c21. The Hall–Kier alpha value is -4.42. The summed E-state index contributed by atoms with van der Waals surface area (Å²) in [5, 5.41) is 3.23. The maximum atomic E-state index is 14.9. The van der Waals surface area contributed by atoms with Gasteiger partial charge in [-0.2, -0.15) is 0 Å². The molecule has 1 aromatic carbocycles. The molecule has 0 radical (unpaired) electrons. The third-order valence-corrected chi connectivity index (χ3v) is 12.5. The fourth-order valence-corrected chi connectivity index (χ4v) is 9.24. The second kappa shape index (κ2) is 12.6. The van der Waals surface area contributed by atoms with Crippen molar-refractivity contribution in [1.29, 1.82) is 0 Å². The van der Waals surface area contributed by atoms with E-state index in [1.54, 1.807) is 18.6 Å². The molecule has 1 aliphatic carbocycles. The summed E-state index contributed by atoms with van der Waals surface area (Å²) in [7, 11) is 0. The van der Waals surface area contributed by atoms with E-state index < -0.39 is 16.8 Å². The first-order chi connectivity index (χ1) is 25.1. The van der Waals surface area contributed by atoms with Crippen LogP contribution in [-0.2, 0) is 19.7 Å². The number of pyridine rings is 2. The molecular formula is C40H47FN8O3. The van der Waals surface area contributed by atoms with E-state index in [9.17, 15) is 14.0 Å². The highest BCUT2D eigenvalue weighted by Gasteiger charge is 2.56. The molecule has 1 N–H and O–H groups in total. The predicted molar refractivity (Wildman–Crippen MR) is 197 cm³/mol. The lowest BCUT2D eigenvalue weighted by Gasteiger charge is -2.48. The van der Waals surface area contributed by atoms with Crippen LogP contribution in [0, 0.1) is 5.82 Å². The number of benzene rings is 1. The van der Waals surface area contributed by atoms with Crippen LogP contribution in [0.25, 0.3) is 22.3 Å². The van der Waals surface area contributed by atoms with Gasteiger partial charge in [0.05, 0.1) is 41.4 Å². The number of rotatable bonds is 7. The van der Waals surface area contributed by atoms with Crippen LogP contribution >= 0.6 is 0 Å². The molecule has 1 unspecified atom stereocenters. The molecule has 0 bridgehead atoms. The zero-order chi connectivity index (χ0) is 35.8. The molecule has 4 aliphatic heterocycles. The number of ether oxygens (including phenoxy) is 1. The van der Waals surface area contributed by atoms with Crippen molar-refractivity contribution >= 4 is 40.0 Å². The number of halogens is 1. The number of hydrogen-bond acceptors (Lipinski definition) is 8. The second-order valence-corrected chi connectivity index (χ2v) is 15.9. The van der Waals surface area contributed by atoms with Crippen molar-refractivity contribution in [3.05, 3.63) is 60.4 Å². The van der Waals surface area contributed by atoms with Crippen LogP contribution in [0.5, 0.6) is 0 Å². The molecule has 1 spiro atoms. The van der Waals surface area contributed by atoms with Crippen LogP contribution < -0.4 is 10.2 Å². The van der Waals surface area contributed by atoms with Gasteiger partial charge in [-0.3, -0.25) is 14.6 Å². The molecule has 1 atom stereocenters. The molecular weight excluding hydrogens is 659 g/mol. The molecule has 11 nitrogen and oxygen atoms in total. The smallest absolute Gasteiger partial charge is 0.254 e. The summed E-state index contributed by atoms with van der Waals surface area (Å²) in [6.45, 7) is 9.98. The topological polar surface area (TPSA) is 109 Å². The van der Waals surface area contributed by atoms with Gasteiger partial charge < -0.3 is 29.3 Å². The summed E-state index contributed by atoms with van der Waals surface area (Å²) in [5.41, 5.74) is 3.92. The Morgan fingerprint density at radius 3 is 2.48 bits per heavy atom. The molecule has 52 heavy (non-hydrogen) atoms. The van der Waals surface area contributed by atoms with Crippen molar-refractivity contribution in [3.8, 4) is 11.3 Å². The highest BCUT2D eigenvalue weighted by molar-refractivity contribution is 6.09. The maximum absolute atomic E-state index is 14.9. The van der Waals surface area contributed by atoms with Crippen LogP contribution in [0.4, 0.5) is 21.6 Å². The Bertz CT molecular complexity index is 2040. The third kappa shape index (κ3) is 5.31. The summed E-state index contributed by atoms with van der Waals surface area (Å²) in [4.78, 5) is 48.6. The Morgan fingerprint density at radius 1 is 1.02 bits per heavy atom. The minimum Gasteiger partial charge on any atom is -0.365 e. The molecule has 12 heteroatoms. The first-order valence-electron chi connectivity index (χ1n) is 19.1. The van der Waals surface area contributed by atoms with E-state index in [-0.39, 0.29) is 29.6 Å². The van der Waals surface area contributed by atoms with Crippen LogP contribution in [0.2, 0.25) is 0 Å². The number of nitrogens with zero attached hydrogens (tertiary/aromatic N) is 7. The lowest BCUT2D eigenvalue weighted by atomic mass is 9.73. The van der Waals surface area contributed by atoms with E-state index in [1.807, 2.05) is 22.5 Å². The first-order valence-corrected chi connectivity index (χ1v) is 19.1. The number of anilines is 3. The minimum absolute atomic E-state index is 0.0345. The van der Waals surface area contributed by atoms with Crippen LogP contribution in [-0.4, -0.2) is 91.6 Å².